The van der Waals surface area contributed by atoms with Crippen molar-refractivity contribution in [1.29, 1.82) is 0 Å². The van der Waals surface area contributed by atoms with Gasteiger partial charge in [0.05, 0.1) is 13.5 Å². The van der Waals surface area contributed by atoms with E-state index in [4.69, 9.17) is 14.6 Å². The molecule has 1 aromatic heterocycles. The standard InChI is InChI=1S/C21H19NO4/c1-25-21-19(6-3-11-22-21)17-7-9-18(10-8-17)26-14-16-5-2-4-15(12-16)13-20(23)24/h2-12H,13-14H2,1H3,(H,23,24). The molecule has 26 heavy (non-hydrogen) atoms. The van der Waals surface area contributed by atoms with E-state index in [0.717, 1.165) is 28.0 Å². The maximum absolute atomic E-state index is 10.8. The molecule has 0 bridgehead atoms. The van der Waals surface area contributed by atoms with E-state index in [0.29, 0.717) is 12.5 Å². The van der Waals surface area contributed by atoms with Crippen molar-refractivity contribution in [3.05, 3.63) is 78.0 Å². The van der Waals surface area contributed by atoms with Crippen LogP contribution >= 0.6 is 0 Å². The molecular weight excluding hydrogens is 330 g/mol. The summed E-state index contributed by atoms with van der Waals surface area (Å²) < 4.78 is 11.1. The minimum atomic E-state index is -0.843. The Kier molecular flexibility index (Phi) is 5.49. The van der Waals surface area contributed by atoms with Crippen molar-refractivity contribution in [2.24, 2.45) is 0 Å². The number of pyridine rings is 1. The van der Waals surface area contributed by atoms with Gasteiger partial charge in [-0.2, -0.15) is 0 Å². The summed E-state index contributed by atoms with van der Waals surface area (Å²) in [7, 11) is 1.60. The summed E-state index contributed by atoms with van der Waals surface area (Å²) in [5.74, 6) is 0.473. The molecule has 3 rings (SSSR count). The number of hydrogen-bond acceptors (Lipinski definition) is 4. The summed E-state index contributed by atoms with van der Waals surface area (Å²) in [5, 5.41) is 8.88. The third kappa shape index (κ3) is 4.39. The first-order chi connectivity index (χ1) is 12.7. The fourth-order valence-electron chi connectivity index (χ4n) is 2.67. The summed E-state index contributed by atoms with van der Waals surface area (Å²) in [5.41, 5.74) is 3.60. The van der Waals surface area contributed by atoms with Gasteiger partial charge in [0.25, 0.3) is 0 Å². The normalized spacial score (nSPS) is 10.3. The number of carboxylic acids is 1. The van der Waals surface area contributed by atoms with Gasteiger partial charge in [0.15, 0.2) is 0 Å². The maximum Gasteiger partial charge on any atom is 0.307 e. The Balaban J connectivity index is 1.67. The van der Waals surface area contributed by atoms with E-state index in [1.807, 2.05) is 54.6 Å². The van der Waals surface area contributed by atoms with Crippen LogP contribution in [0.1, 0.15) is 11.1 Å². The number of aliphatic carboxylic acids is 1. The van der Waals surface area contributed by atoms with Crippen LogP contribution in [0.25, 0.3) is 11.1 Å². The second kappa shape index (κ2) is 8.16. The SMILES string of the molecule is COc1ncccc1-c1ccc(OCc2cccc(CC(=O)O)c2)cc1. The zero-order valence-electron chi connectivity index (χ0n) is 14.4. The quantitative estimate of drug-likeness (QED) is 0.699. The lowest BCUT2D eigenvalue weighted by Gasteiger charge is -2.10. The minimum Gasteiger partial charge on any atom is -0.489 e. The smallest absolute Gasteiger partial charge is 0.307 e. The van der Waals surface area contributed by atoms with Crippen molar-refractivity contribution in [2.75, 3.05) is 7.11 Å². The number of nitrogens with zero attached hydrogens (tertiary/aromatic N) is 1. The van der Waals surface area contributed by atoms with E-state index >= 15 is 0 Å². The predicted molar refractivity (Wildman–Crippen MR) is 98.3 cm³/mol. The van der Waals surface area contributed by atoms with Gasteiger partial charge >= 0.3 is 5.97 Å². The Morgan fingerprint density at radius 3 is 2.54 bits per heavy atom. The molecule has 0 saturated heterocycles. The van der Waals surface area contributed by atoms with Crippen LogP contribution in [0.3, 0.4) is 0 Å². The molecule has 3 aromatic rings. The van der Waals surface area contributed by atoms with E-state index in [1.54, 1.807) is 19.4 Å². The number of carbonyl (C=O) groups is 1. The van der Waals surface area contributed by atoms with Gasteiger partial charge in [-0.05, 0) is 41.0 Å². The molecule has 0 unspecified atom stereocenters. The Morgan fingerprint density at radius 1 is 1.04 bits per heavy atom. The lowest BCUT2D eigenvalue weighted by Crippen LogP contribution is -2.01. The van der Waals surface area contributed by atoms with E-state index in [-0.39, 0.29) is 6.42 Å². The van der Waals surface area contributed by atoms with Crippen LogP contribution in [0, 0.1) is 0 Å². The van der Waals surface area contributed by atoms with Crippen LogP contribution in [0.5, 0.6) is 11.6 Å². The molecule has 0 fully saturated rings. The lowest BCUT2D eigenvalue weighted by molar-refractivity contribution is -0.136. The van der Waals surface area contributed by atoms with E-state index in [9.17, 15) is 4.79 Å². The average Bonchev–Trinajstić information content (AvgIpc) is 2.66. The van der Waals surface area contributed by atoms with Gasteiger partial charge in [-0.3, -0.25) is 4.79 Å². The van der Waals surface area contributed by atoms with Crippen molar-refractivity contribution in [2.45, 2.75) is 13.0 Å². The molecular formula is C21H19NO4. The molecule has 132 valence electrons. The monoisotopic (exact) mass is 349 g/mol. The lowest BCUT2D eigenvalue weighted by atomic mass is 10.1. The van der Waals surface area contributed by atoms with Gasteiger partial charge in [0, 0.05) is 11.8 Å². The fraction of sp³-hybridized carbons (Fsp3) is 0.143. The first kappa shape index (κ1) is 17.5. The predicted octanol–water partition coefficient (Wildman–Crippen LogP) is 3.96. The van der Waals surface area contributed by atoms with Gasteiger partial charge in [-0.25, -0.2) is 4.98 Å². The zero-order valence-corrected chi connectivity index (χ0v) is 14.4. The molecule has 2 aromatic carbocycles. The minimum absolute atomic E-state index is 0.00941. The highest BCUT2D eigenvalue weighted by molar-refractivity contribution is 5.70. The summed E-state index contributed by atoms with van der Waals surface area (Å²) in [4.78, 5) is 15.0. The number of benzene rings is 2. The topological polar surface area (TPSA) is 68.7 Å². The summed E-state index contributed by atoms with van der Waals surface area (Å²) >= 11 is 0. The van der Waals surface area contributed by atoms with Crippen LogP contribution in [-0.2, 0) is 17.8 Å². The van der Waals surface area contributed by atoms with Crippen molar-refractivity contribution in [3.8, 4) is 22.8 Å². The molecule has 1 N–H and O–H groups in total. The van der Waals surface area contributed by atoms with Crippen LogP contribution < -0.4 is 9.47 Å². The Morgan fingerprint density at radius 2 is 1.81 bits per heavy atom. The van der Waals surface area contributed by atoms with Crippen molar-refractivity contribution in [3.63, 3.8) is 0 Å². The van der Waals surface area contributed by atoms with Crippen molar-refractivity contribution in [1.82, 2.24) is 4.98 Å². The first-order valence-corrected chi connectivity index (χ1v) is 8.17. The maximum atomic E-state index is 10.8. The largest absolute Gasteiger partial charge is 0.489 e. The molecule has 0 radical (unpaired) electrons. The number of methoxy groups -OCH3 is 1. The summed E-state index contributed by atoms with van der Waals surface area (Å²) in [6.07, 6.45) is 1.70. The van der Waals surface area contributed by atoms with Gasteiger partial charge in [0.1, 0.15) is 12.4 Å². The molecule has 1 heterocycles. The first-order valence-electron chi connectivity index (χ1n) is 8.17. The van der Waals surface area contributed by atoms with Crippen LogP contribution in [0.2, 0.25) is 0 Å². The second-order valence-corrected chi connectivity index (χ2v) is 5.76. The van der Waals surface area contributed by atoms with Crippen LogP contribution in [0.15, 0.2) is 66.9 Å². The van der Waals surface area contributed by atoms with Crippen molar-refractivity contribution >= 4 is 5.97 Å². The number of aromatic nitrogens is 1. The van der Waals surface area contributed by atoms with E-state index in [1.165, 1.54) is 0 Å². The highest BCUT2D eigenvalue weighted by atomic mass is 16.5. The molecule has 0 aliphatic rings. The molecule has 0 saturated carbocycles. The van der Waals surface area contributed by atoms with Crippen LogP contribution in [0.4, 0.5) is 0 Å². The molecule has 0 spiro atoms. The molecule has 0 aliphatic heterocycles. The highest BCUT2D eigenvalue weighted by Crippen LogP contribution is 2.29. The number of rotatable bonds is 7. The average molecular weight is 349 g/mol. The third-order valence-electron chi connectivity index (χ3n) is 3.88. The number of ether oxygens (including phenoxy) is 2. The van der Waals surface area contributed by atoms with Crippen LogP contribution in [-0.4, -0.2) is 23.2 Å². The zero-order chi connectivity index (χ0) is 18.4. The Hall–Kier alpha value is -3.34. The summed E-state index contributed by atoms with van der Waals surface area (Å²) in [6, 6.07) is 18.9. The Labute approximate surface area is 151 Å². The number of carboxylic acid groups (broad SMARTS) is 1. The van der Waals surface area contributed by atoms with Gasteiger partial charge < -0.3 is 14.6 Å². The molecule has 0 atom stereocenters. The van der Waals surface area contributed by atoms with Gasteiger partial charge in [-0.15, -0.1) is 0 Å². The number of hydrogen-bond donors (Lipinski definition) is 1. The third-order valence-corrected chi connectivity index (χ3v) is 3.88. The molecule has 5 nitrogen and oxygen atoms in total. The second-order valence-electron chi connectivity index (χ2n) is 5.76. The fourth-order valence-corrected chi connectivity index (χ4v) is 2.67. The van der Waals surface area contributed by atoms with E-state index < -0.39 is 5.97 Å². The van der Waals surface area contributed by atoms with Gasteiger partial charge in [-0.1, -0.05) is 36.4 Å². The van der Waals surface area contributed by atoms with Crippen molar-refractivity contribution < 1.29 is 19.4 Å². The molecule has 0 aliphatic carbocycles. The summed E-state index contributed by atoms with van der Waals surface area (Å²) in [6.45, 7) is 0.378. The molecule has 0 amide bonds. The highest BCUT2D eigenvalue weighted by Gasteiger charge is 2.07. The van der Waals surface area contributed by atoms with Gasteiger partial charge in [0.2, 0.25) is 5.88 Å². The molecule has 5 heteroatoms. The Bertz CT molecular complexity index is 891. The van der Waals surface area contributed by atoms with E-state index in [2.05, 4.69) is 4.98 Å².